The average Bonchev–Trinajstić information content (AvgIpc) is 3.48. The molecule has 3 aromatic rings. The number of nitrogens with zero attached hydrogens (tertiary/aromatic N) is 2. The van der Waals surface area contributed by atoms with Crippen LogP contribution in [0.25, 0.3) is 16.9 Å². The van der Waals surface area contributed by atoms with E-state index in [2.05, 4.69) is 17.3 Å². The van der Waals surface area contributed by atoms with Gasteiger partial charge in [0.15, 0.2) is 5.69 Å². The Morgan fingerprint density at radius 1 is 1.06 bits per heavy atom. The van der Waals surface area contributed by atoms with Crippen molar-refractivity contribution in [1.82, 2.24) is 9.78 Å². The Morgan fingerprint density at radius 3 is 2.36 bits per heavy atom. The third-order valence-corrected chi connectivity index (χ3v) is 5.30. The molecule has 1 aromatic heterocycles. The third kappa shape index (κ3) is 5.46. The topological polar surface area (TPSA) is 62.3 Å². The van der Waals surface area contributed by atoms with Gasteiger partial charge in [-0.3, -0.25) is 0 Å². The van der Waals surface area contributed by atoms with Crippen LogP contribution in [0.5, 0.6) is 11.5 Å². The fraction of sp³-hybridized carbons (Fsp3) is 0.240. The summed E-state index contributed by atoms with van der Waals surface area (Å²) in [6, 6.07) is 14.4. The minimum absolute atomic E-state index is 0.137. The van der Waals surface area contributed by atoms with Crippen molar-refractivity contribution >= 4 is 0 Å². The summed E-state index contributed by atoms with van der Waals surface area (Å²) in [6.45, 7) is 0.346. The molecule has 1 aliphatic rings. The molecule has 1 atom stereocenters. The van der Waals surface area contributed by atoms with E-state index >= 15 is 0 Å². The highest BCUT2D eigenvalue weighted by Gasteiger charge is 2.35. The molecule has 0 amide bonds. The van der Waals surface area contributed by atoms with Gasteiger partial charge in [0.1, 0.15) is 18.1 Å². The van der Waals surface area contributed by atoms with Crippen LogP contribution < -0.4 is 15.2 Å². The Hall–Kier alpha value is -3.52. The lowest BCUT2D eigenvalue weighted by Crippen LogP contribution is -2.28. The zero-order chi connectivity index (χ0) is 23.4. The normalized spacial score (nSPS) is 14.3. The smallest absolute Gasteiger partial charge is 0.435 e. The third-order valence-electron chi connectivity index (χ3n) is 5.30. The Kier molecular flexibility index (Phi) is 6.55. The number of benzene rings is 2. The number of allylic oxidation sites excluding steroid dienone is 3. The molecule has 2 N–H and O–H groups in total. The van der Waals surface area contributed by atoms with E-state index in [-0.39, 0.29) is 6.04 Å². The molecule has 0 fully saturated rings. The van der Waals surface area contributed by atoms with Crippen molar-refractivity contribution in [3.05, 3.63) is 84.1 Å². The number of ether oxygens (including phenoxy) is 2. The van der Waals surface area contributed by atoms with Gasteiger partial charge in [0, 0.05) is 11.6 Å². The van der Waals surface area contributed by atoms with Gasteiger partial charge in [-0.15, -0.1) is 0 Å². The van der Waals surface area contributed by atoms with Crippen LogP contribution in [0.15, 0.2) is 78.4 Å². The molecule has 0 bridgehead atoms. The van der Waals surface area contributed by atoms with Gasteiger partial charge in [-0.1, -0.05) is 23.8 Å². The molecule has 1 aliphatic carbocycles. The van der Waals surface area contributed by atoms with Crippen LogP contribution in [0.1, 0.15) is 18.5 Å². The van der Waals surface area contributed by atoms with Gasteiger partial charge >= 0.3 is 6.18 Å². The fourth-order valence-corrected chi connectivity index (χ4v) is 3.61. The number of hydrogen-bond donors (Lipinski definition) is 1. The molecule has 0 saturated heterocycles. The SMILES string of the molecule is COc1ccc(-n2nc(C(F)(F)F)cc2-c2ccc(OC[C@@H](N)CC3=CC=CC3)cc2)cc1. The highest BCUT2D eigenvalue weighted by Crippen LogP contribution is 2.34. The monoisotopic (exact) mass is 455 g/mol. The summed E-state index contributed by atoms with van der Waals surface area (Å²) in [5.41, 5.74) is 7.84. The molecule has 8 heteroatoms. The summed E-state index contributed by atoms with van der Waals surface area (Å²) in [6.07, 6.45) is 3.28. The van der Waals surface area contributed by atoms with E-state index in [1.165, 1.54) is 17.4 Å². The van der Waals surface area contributed by atoms with Crippen LogP contribution in [0.3, 0.4) is 0 Å². The van der Waals surface area contributed by atoms with Crippen molar-refractivity contribution in [1.29, 1.82) is 0 Å². The van der Waals surface area contributed by atoms with E-state index < -0.39 is 11.9 Å². The second-order valence-corrected chi connectivity index (χ2v) is 7.78. The van der Waals surface area contributed by atoms with Crippen LogP contribution >= 0.6 is 0 Å². The largest absolute Gasteiger partial charge is 0.497 e. The van der Waals surface area contributed by atoms with Crippen LogP contribution in [0.2, 0.25) is 0 Å². The van der Waals surface area contributed by atoms with E-state index in [4.69, 9.17) is 15.2 Å². The number of nitrogens with two attached hydrogens (primary N) is 1. The first-order valence-corrected chi connectivity index (χ1v) is 10.5. The minimum Gasteiger partial charge on any atom is -0.497 e. The fourth-order valence-electron chi connectivity index (χ4n) is 3.61. The quantitative estimate of drug-likeness (QED) is 0.484. The van der Waals surface area contributed by atoms with Gasteiger partial charge in [-0.2, -0.15) is 18.3 Å². The lowest BCUT2D eigenvalue weighted by atomic mass is 10.1. The Labute approximate surface area is 189 Å². The first kappa shape index (κ1) is 22.7. The Bertz CT molecular complexity index is 1150. The number of rotatable bonds is 8. The molecule has 0 spiro atoms. The van der Waals surface area contributed by atoms with Gasteiger partial charge in [-0.05, 0) is 67.4 Å². The van der Waals surface area contributed by atoms with Crippen LogP contribution in [0.4, 0.5) is 13.2 Å². The lowest BCUT2D eigenvalue weighted by Gasteiger charge is -2.14. The molecular formula is C25H24F3N3O2. The summed E-state index contributed by atoms with van der Waals surface area (Å²) in [5.74, 6) is 1.20. The van der Waals surface area contributed by atoms with Crippen LogP contribution in [0, 0.1) is 0 Å². The average molecular weight is 455 g/mol. The first-order chi connectivity index (χ1) is 15.8. The number of hydrogen-bond acceptors (Lipinski definition) is 4. The number of halogens is 3. The molecule has 1 heterocycles. The second-order valence-electron chi connectivity index (χ2n) is 7.78. The molecule has 0 aliphatic heterocycles. The van der Waals surface area contributed by atoms with Gasteiger partial charge in [0.2, 0.25) is 0 Å². The summed E-state index contributed by atoms with van der Waals surface area (Å²) in [4.78, 5) is 0. The molecule has 5 nitrogen and oxygen atoms in total. The molecule has 172 valence electrons. The zero-order valence-electron chi connectivity index (χ0n) is 18.0. The summed E-state index contributed by atoms with van der Waals surface area (Å²) < 4.78 is 52.3. The summed E-state index contributed by atoms with van der Waals surface area (Å²) in [5, 5.41) is 3.81. The molecular weight excluding hydrogens is 431 g/mol. The predicted molar refractivity (Wildman–Crippen MR) is 120 cm³/mol. The first-order valence-electron chi connectivity index (χ1n) is 10.5. The Balaban J connectivity index is 1.53. The van der Waals surface area contributed by atoms with Crippen molar-refractivity contribution in [3.8, 4) is 28.4 Å². The highest BCUT2D eigenvalue weighted by molar-refractivity contribution is 5.64. The van der Waals surface area contributed by atoms with E-state index in [9.17, 15) is 13.2 Å². The minimum atomic E-state index is -4.56. The van der Waals surface area contributed by atoms with E-state index in [1.807, 2.05) is 6.08 Å². The van der Waals surface area contributed by atoms with E-state index in [0.717, 1.165) is 18.9 Å². The molecule has 33 heavy (non-hydrogen) atoms. The summed E-state index contributed by atoms with van der Waals surface area (Å²) >= 11 is 0. The maximum atomic E-state index is 13.4. The van der Waals surface area contributed by atoms with Crippen LogP contribution in [-0.4, -0.2) is 29.5 Å². The van der Waals surface area contributed by atoms with Gasteiger partial charge in [0.25, 0.3) is 0 Å². The van der Waals surface area contributed by atoms with Crippen molar-refractivity contribution < 1.29 is 22.6 Å². The maximum absolute atomic E-state index is 13.4. The number of methoxy groups -OCH3 is 1. The van der Waals surface area contributed by atoms with Gasteiger partial charge in [0.05, 0.1) is 18.5 Å². The van der Waals surface area contributed by atoms with Gasteiger partial charge < -0.3 is 15.2 Å². The molecule has 0 radical (unpaired) electrons. The van der Waals surface area contributed by atoms with Crippen LogP contribution in [-0.2, 0) is 6.18 Å². The number of alkyl halides is 3. The van der Waals surface area contributed by atoms with Crippen molar-refractivity contribution in [2.45, 2.75) is 25.1 Å². The standard InChI is InChI=1S/C25H24F3N3O2/c1-32-21-12-8-20(9-13-21)31-23(15-24(30-31)25(26,27)28)18-6-10-22(11-7-18)33-16-19(29)14-17-4-2-3-5-17/h2-4,6-13,15,19H,5,14,16,29H2,1H3/t19-/m0/s1. The lowest BCUT2D eigenvalue weighted by molar-refractivity contribution is -0.141. The zero-order valence-corrected chi connectivity index (χ0v) is 18.0. The number of aromatic nitrogens is 2. The molecule has 4 rings (SSSR count). The molecule has 2 aromatic carbocycles. The van der Waals surface area contributed by atoms with E-state index in [1.54, 1.807) is 48.5 Å². The summed E-state index contributed by atoms with van der Waals surface area (Å²) in [7, 11) is 1.52. The highest BCUT2D eigenvalue weighted by atomic mass is 19.4. The van der Waals surface area contributed by atoms with Crippen molar-refractivity contribution in [3.63, 3.8) is 0 Å². The van der Waals surface area contributed by atoms with Crippen molar-refractivity contribution in [2.24, 2.45) is 5.73 Å². The molecule has 0 unspecified atom stereocenters. The Morgan fingerprint density at radius 2 is 1.76 bits per heavy atom. The van der Waals surface area contributed by atoms with Gasteiger partial charge in [-0.25, -0.2) is 4.68 Å². The maximum Gasteiger partial charge on any atom is 0.435 e. The second kappa shape index (κ2) is 9.54. The predicted octanol–water partition coefficient (Wildman–Crippen LogP) is 5.55. The van der Waals surface area contributed by atoms with E-state index in [0.29, 0.717) is 35.1 Å². The molecule has 0 saturated carbocycles. The van der Waals surface area contributed by atoms with Crippen molar-refractivity contribution in [2.75, 3.05) is 13.7 Å².